The molecule has 124 valence electrons. The van der Waals surface area contributed by atoms with Crippen molar-refractivity contribution in [3.63, 3.8) is 0 Å². The van der Waals surface area contributed by atoms with Crippen molar-refractivity contribution in [2.45, 2.75) is 50.8 Å². The lowest BCUT2D eigenvalue weighted by molar-refractivity contribution is -0.129. The van der Waals surface area contributed by atoms with Gasteiger partial charge < -0.3 is 5.32 Å². The van der Waals surface area contributed by atoms with Crippen LogP contribution < -0.4 is 5.32 Å². The maximum absolute atomic E-state index is 12.5. The average molecular weight is 345 g/mol. The molecule has 1 N–H and O–H groups in total. The molecule has 0 atom stereocenters. The fraction of sp³-hybridized carbons (Fsp3) is 0.667. The van der Waals surface area contributed by atoms with Crippen LogP contribution in [0.1, 0.15) is 38.5 Å². The van der Waals surface area contributed by atoms with Crippen LogP contribution in [0.25, 0.3) is 0 Å². The van der Waals surface area contributed by atoms with Gasteiger partial charge in [-0.25, -0.2) is 8.42 Å². The molecule has 0 spiro atoms. The summed E-state index contributed by atoms with van der Waals surface area (Å²) < 4.78 is 27.0. The molecule has 1 amide bonds. The molecule has 1 aliphatic heterocycles. The number of hydrogen-bond donors (Lipinski definition) is 1. The van der Waals surface area contributed by atoms with E-state index in [-0.39, 0.29) is 11.9 Å². The van der Waals surface area contributed by atoms with Crippen molar-refractivity contribution in [1.29, 1.82) is 0 Å². The topological polar surface area (TPSA) is 66.5 Å². The molecule has 2 rings (SSSR count). The van der Waals surface area contributed by atoms with Crippen molar-refractivity contribution < 1.29 is 13.2 Å². The smallest absolute Gasteiger partial charge is 0.252 e. The fourth-order valence-electron chi connectivity index (χ4n) is 2.32. The summed E-state index contributed by atoms with van der Waals surface area (Å²) in [5, 5.41) is 3.02. The van der Waals surface area contributed by atoms with Crippen LogP contribution in [0.3, 0.4) is 0 Å². The van der Waals surface area contributed by atoms with E-state index in [4.69, 9.17) is 0 Å². The van der Waals surface area contributed by atoms with Crippen LogP contribution in [-0.2, 0) is 14.8 Å². The van der Waals surface area contributed by atoms with Crippen LogP contribution in [0, 0.1) is 12.3 Å². The maximum Gasteiger partial charge on any atom is 0.252 e. The molecular weight excluding hydrogens is 320 g/mol. The monoisotopic (exact) mass is 344 g/mol. The standard InChI is InChI=1S/C15H24N2O3S2/c1-11-5-6-13(21-11)22(19,20)17-9-7-12(8-10-17)16-14(18)15(2,3)4/h5-6,12H,7-10H2,1-4H3,(H,16,18). The van der Waals surface area contributed by atoms with Crippen LogP contribution in [0.4, 0.5) is 0 Å². The molecule has 1 fully saturated rings. The van der Waals surface area contributed by atoms with Crippen LogP contribution in [0.2, 0.25) is 0 Å². The predicted molar refractivity (Wildman–Crippen MR) is 88.4 cm³/mol. The third kappa shape index (κ3) is 3.88. The number of thiophene rings is 1. The largest absolute Gasteiger partial charge is 0.353 e. The average Bonchev–Trinajstić information content (AvgIpc) is 2.86. The molecule has 1 aromatic heterocycles. The van der Waals surface area contributed by atoms with Crippen molar-refractivity contribution in [2.75, 3.05) is 13.1 Å². The highest BCUT2D eigenvalue weighted by Gasteiger charge is 2.32. The molecule has 7 heteroatoms. The normalized spacial score (nSPS) is 18.4. The lowest BCUT2D eigenvalue weighted by atomic mass is 9.94. The number of carbonyl (C=O) groups is 1. The summed E-state index contributed by atoms with van der Waals surface area (Å²) in [6, 6.07) is 3.56. The Morgan fingerprint density at radius 1 is 1.27 bits per heavy atom. The fourth-order valence-corrected chi connectivity index (χ4v) is 5.23. The Morgan fingerprint density at radius 3 is 2.32 bits per heavy atom. The first kappa shape index (κ1) is 17.4. The van der Waals surface area contributed by atoms with E-state index in [0.717, 1.165) is 4.88 Å². The highest BCUT2D eigenvalue weighted by Crippen LogP contribution is 2.26. The number of rotatable bonds is 3. The van der Waals surface area contributed by atoms with E-state index in [1.54, 1.807) is 6.07 Å². The molecular formula is C15H24N2O3S2. The summed E-state index contributed by atoms with van der Waals surface area (Å²) in [6.07, 6.45) is 1.32. The Balaban J connectivity index is 1.96. The van der Waals surface area contributed by atoms with Gasteiger partial charge in [0, 0.05) is 29.4 Å². The van der Waals surface area contributed by atoms with Crippen LogP contribution >= 0.6 is 11.3 Å². The summed E-state index contributed by atoms with van der Waals surface area (Å²) in [5.41, 5.74) is -0.419. The highest BCUT2D eigenvalue weighted by molar-refractivity contribution is 7.91. The second kappa shape index (κ2) is 6.29. The van der Waals surface area contributed by atoms with E-state index in [0.29, 0.717) is 30.1 Å². The van der Waals surface area contributed by atoms with E-state index in [9.17, 15) is 13.2 Å². The van der Waals surface area contributed by atoms with Gasteiger partial charge in [-0.05, 0) is 31.9 Å². The zero-order valence-corrected chi connectivity index (χ0v) is 15.2. The molecule has 1 saturated heterocycles. The van der Waals surface area contributed by atoms with Gasteiger partial charge in [0.15, 0.2) is 0 Å². The number of amides is 1. The molecule has 1 aromatic rings. The van der Waals surface area contributed by atoms with Gasteiger partial charge in [-0.15, -0.1) is 11.3 Å². The Morgan fingerprint density at radius 2 is 1.86 bits per heavy atom. The number of piperidine rings is 1. The van der Waals surface area contributed by atoms with E-state index in [1.807, 2.05) is 33.8 Å². The van der Waals surface area contributed by atoms with Gasteiger partial charge in [-0.1, -0.05) is 20.8 Å². The summed E-state index contributed by atoms with van der Waals surface area (Å²) in [7, 11) is -3.38. The van der Waals surface area contributed by atoms with E-state index in [1.165, 1.54) is 15.6 Å². The molecule has 0 saturated carbocycles. The van der Waals surface area contributed by atoms with Crippen molar-refractivity contribution in [3.8, 4) is 0 Å². The summed E-state index contributed by atoms with van der Waals surface area (Å²) in [6.45, 7) is 8.43. The second-order valence-corrected chi connectivity index (χ2v) is 10.2. The lowest BCUT2D eigenvalue weighted by Crippen LogP contribution is -2.48. The first-order chi connectivity index (χ1) is 10.1. The molecule has 0 unspecified atom stereocenters. The summed E-state index contributed by atoms with van der Waals surface area (Å²) in [4.78, 5) is 13.0. The minimum absolute atomic E-state index is 0.0164. The number of hydrogen-bond acceptors (Lipinski definition) is 4. The van der Waals surface area contributed by atoms with Gasteiger partial charge in [0.2, 0.25) is 5.91 Å². The minimum atomic E-state index is -3.38. The Kier molecular flexibility index (Phi) is 4.99. The number of nitrogens with one attached hydrogen (secondary N) is 1. The molecule has 5 nitrogen and oxygen atoms in total. The number of sulfonamides is 1. The van der Waals surface area contributed by atoms with E-state index >= 15 is 0 Å². The van der Waals surface area contributed by atoms with E-state index in [2.05, 4.69) is 5.32 Å². The first-order valence-corrected chi connectivity index (χ1v) is 9.74. The second-order valence-electron chi connectivity index (χ2n) is 6.77. The van der Waals surface area contributed by atoms with Gasteiger partial charge >= 0.3 is 0 Å². The molecule has 0 aromatic carbocycles. The number of aryl methyl sites for hydroxylation is 1. The Hall–Kier alpha value is -0.920. The van der Waals surface area contributed by atoms with Crippen LogP contribution in [0.5, 0.6) is 0 Å². The highest BCUT2D eigenvalue weighted by atomic mass is 32.2. The maximum atomic E-state index is 12.5. The zero-order chi connectivity index (χ0) is 16.5. The lowest BCUT2D eigenvalue weighted by Gasteiger charge is -2.32. The van der Waals surface area contributed by atoms with Crippen molar-refractivity contribution in [2.24, 2.45) is 5.41 Å². The predicted octanol–water partition coefficient (Wildman–Crippen LogP) is 2.37. The number of nitrogens with zero attached hydrogens (tertiary/aromatic N) is 1. The third-order valence-corrected chi connectivity index (χ3v) is 7.15. The van der Waals surface area contributed by atoms with Gasteiger partial charge in [0.1, 0.15) is 4.21 Å². The molecule has 2 heterocycles. The third-order valence-electron chi connectivity index (χ3n) is 3.78. The Labute approximate surface area is 136 Å². The van der Waals surface area contributed by atoms with Gasteiger partial charge in [-0.3, -0.25) is 4.79 Å². The molecule has 0 aliphatic carbocycles. The van der Waals surface area contributed by atoms with Gasteiger partial charge in [0.05, 0.1) is 0 Å². The number of carbonyl (C=O) groups excluding carboxylic acids is 1. The Bertz CT molecular complexity index is 636. The van der Waals surface area contributed by atoms with Crippen molar-refractivity contribution >= 4 is 27.3 Å². The molecule has 1 aliphatic rings. The summed E-state index contributed by atoms with van der Waals surface area (Å²) in [5.74, 6) is 0.0164. The molecule has 0 bridgehead atoms. The quantitative estimate of drug-likeness (QED) is 0.915. The van der Waals surface area contributed by atoms with Gasteiger partial charge in [-0.2, -0.15) is 4.31 Å². The van der Waals surface area contributed by atoms with Crippen LogP contribution in [0.15, 0.2) is 16.3 Å². The molecule has 0 radical (unpaired) electrons. The zero-order valence-electron chi connectivity index (χ0n) is 13.5. The van der Waals surface area contributed by atoms with Crippen LogP contribution in [-0.4, -0.2) is 37.8 Å². The summed E-state index contributed by atoms with van der Waals surface area (Å²) >= 11 is 1.30. The SMILES string of the molecule is Cc1ccc(S(=O)(=O)N2CCC(NC(=O)C(C)(C)C)CC2)s1. The van der Waals surface area contributed by atoms with Gasteiger partial charge in [0.25, 0.3) is 10.0 Å². The first-order valence-electron chi connectivity index (χ1n) is 7.48. The van der Waals surface area contributed by atoms with Crippen molar-refractivity contribution in [1.82, 2.24) is 9.62 Å². The molecule has 22 heavy (non-hydrogen) atoms. The minimum Gasteiger partial charge on any atom is -0.353 e. The van der Waals surface area contributed by atoms with Crippen molar-refractivity contribution in [3.05, 3.63) is 17.0 Å². The van der Waals surface area contributed by atoms with E-state index < -0.39 is 15.4 Å².